The topological polar surface area (TPSA) is 52.6 Å². The molecule has 0 amide bonds. The SMILES string of the molecule is CCC[C@H]1CC2=C(COC2=O)C[C@H](CC)CC2=C1C(=O)OC2. The highest BCUT2D eigenvalue weighted by Gasteiger charge is 2.37. The molecule has 0 saturated heterocycles. The van der Waals surface area contributed by atoms with Gasteiger partial charge < -0.3 is 9.47 Å². The molecule has 0 aromatic carbocycles. The molecule has 3 rings (SSSR count). The van der Waals surface area contributed by atoms with Crippen molar-refractivity contribution in [2.24, 2.45) is 11.8 Å². The summed E-state index contributed by atoms with van der Waals surface area (Å²) >= 11 is 0. The fraction of sp³-hybridized carbons (Fsp3) is 0.667. The smallest absolute Gasteiger partial charge is 0.334 e. The molecule has 0 N–H and O–H groups in total. The molecule has 22 heavy (non-hydrogen) atoms. The monoisotopic (exact) mass is 304 g/mol. The maximum Gasteiger partial charge on any atom is 0.334 e. The molecule has 4 nitrogen and oxygen atoms in total. The zero-order valence-corrected chi connectivity index (χ0v) is 13.4. The number of hydrogen-bond acceptors (Lipinski definition) is 4. The molecule has 0 aromatic heterocycles. The van der Waals surface area contributed by atoms with E-state index >= 15 is 0 Å². The first kappa shape index (κ1) is 15.3. The van der Waals surface area contributed by atoms with Gasteiger partial charge in [-0.1, -0.05) is 26.7 Å². The molecule has 0 saturated carbocycles. The molecular weight excluding hydrogens is 280 g/mol. The van der Waals surface area contributed by atoms with E-state index < -0.39 is 0 Å². The lowest BCUT2D eigenvalue weighted by molar-refractivity contribution is -0.137. The molecule has 4 heteroatoms. The van der Waals surface area contributed by atoms with E-state index in [1.165, 1.54) is 5.57 Å². The van der Waals surface area contributed by atoms with Gasteiger partial charge in [-0.15, -0.1) is 0 Å². The Morgan fingerprint density at radius 3 is 2.36 bits per heavy atom. The third-order valence-electron chi connectivity index (χ3n) is 5.17. The molecule has 3 aliphatic rings. The fourth-order valence-electron chi connectivity index (χ4n) is 3.96. The highest BCUT2D eigenvalue weighted by Crippen LogP contribution is 2.40. The Bertz CT molecular complexity index is 555. The summed E-state index contributed by atoms with van der Waals surface area (Å²) in [5.74, 6) is 0.209. The van der Waals surface area contributed by atoms with E-state index in [0.29, 0.717) is 25.6 Å². The molecule has 1 aliphatic carbocycles. The van der Waals surface area contributed by atoms with Crippen LogP contribution in [0.1, 0.15) is 52.4 Å². The van der Waals surface area contributed by atoms with E-state index in [1.54, 1.807) is 0 Å². The number of ether oxygens (including phenoxy) is 2. The first-order chi connectivity index (χ1) is 10.6. The van der Waals surface area contributed by atoms with Crippen molar-refractivity contribution < 1.29 is 19.1 Å². The molecule has 0 bridgehead atoms. The largest absolute Gasteiger partial charge is 0.458 e. The summed E-state index contributed by atoms with van der Waals surface area (Å²) in [6.07, 6.45) is 5.38. The first-order valence-corrected chi connectivity index (χ1v) is 8.41. The molecule has 2 heterocycles. The number of esters is 2. The number of cyclic esters (lactones) is 2. The van der Waals surface area contributed by atoms with Crippen molar-refractivity contribution in [2.45, 2.75) is 52.4 Å². The molecule has 2 atom stereocenters. The van der Waals surface area contributed by atoms with Gasteiger partial charge in [0.25, 0.3) is 0 Å². The average Bonchev–Trinajstić information content (AvgIpc) is 3.03. The first-order valence-electron chi connectivity index (χ1n) is 8.41. The van der Waals surface area contributed by atoms with Crippen LogP contribution in [0.4, 0.5) is 0 Å². The minimum atomic E-state index is -0.179. The van der Waals surface area contributed by atoms with Crippen LogP contribution in [0.3, 0.4) is 0 Å². The van der Waals surface area contributed by atoms with Gasteiger partial charge in [-0.25, -0.2) is 9.59 Å². The van der Waals surface area contributed by atoms with Crippen LogP contribution in [0.15, 0.2) is 22.3 Å². The van der Waals surface area contributed by atoms with E-state index in [0.717, 1.165) is 48.8 Å². The van der Waals surface area contributed by atoms with Crippen molar-refractivity contribution in [1.29, 1.82) is 0 Å². The van der Waals surface area contributed by atoms with Crippen LogP contribution in [0.5, 0.6) is 0 Å². The predicted molar refractivity (Wildman–Crippen MR) is 82.0 cm³/mol. The number of carbonyl (C=O) groups excluding carboxylic acids is 2. The highest BCUT2D eigenvalue weighted by molar-refractivity contribution is 5.94. The Labute approximate surface area is 131 Å². The lowest BCUT2D eigenvalue weighted by Crippen LogP contribution is -2.15. The predicted octanol–water partition coefficient (Wildman–Crippen LogP) is 3.32. The van der Waals surface area contributed by atoms with Crippen molar-refractivity contribution in [2.75, 3.05) is 13.2 Å². The molecule has 0 unspecified atom stereocenters. The Morgan fingerprint density at radius 1 is 0.955 bits per heavy atom. The highest BCUT2D eigenvalue weighted by atomic mass is 16.5. The van der Waals surface area contributed by atoms with Gasteiger partial charge in [-0.2, -0.15) is 0 Å². The fourth-order valence-corrected chi connectivity index (χ4v) is 3.96. The van der Waals surface area contributed by atoms with Crippen LogP contribution in [-0.4, -0.2) is 25.2 Å². The maximum atomic E-state index is 12.2. The summed E-state index contributed by atoms with van der Waals surface area (Å²) in [4.78, 5) is 24.3. The molecule has 0 spiro atoms. The van der Waals surface area contributed by atoms with Gasteiger partial charge in [-0.05, 0) is 48.7 Å². The van der Waals surface area contributed by atoms with E-state index in [-0.39, 0.29) is 17.9 Å². The minimum absolute atomic E-state index is 0.0984. The summed E-state index contributed by atoms with van der Waals surface area (Å²) in [5, 5.41) is 0. The van der Waals surface area contributed by atoms with Gasteiger partial charge in [0.15, 0.2) is 0 Å². The summed E-state index contributed by atoms with van der Waals surface area (Å²) in [6, 6.07) is 0. The zero-order chi connectivity index (χ0) is 15.7. The average molecular weight is 304 g/mol. The normalized spacial score (nSPS) is 28.6. The lowest BCUT2D eigenvalue weighted by atomic mass is 9.85. The second-order valence-electron chi connectivity index (χ2n) is 6.62. The van der Waals surface area contributed by atoms with Gasteiger partial charge in [-0.3, -0.25) is 0 Å². The van der Waals surface area contributed by atoms with Crippen LogP contribution in [-0.2, 0) is 19.1 Å². The van der Waals surface area contributed by atoms with Gasteiger partial charge in [0, 0.05) is 11.1 Å². The standard InChI is InChI=1S/C18H24O4/c1-3-5-12-8-15-13(9-21-17(15)19)6-11(4-2)7-14-10-22-18(20)16(12)14/h11-12H,3-10H2,1-2H3/t11-,12-/m0/s1. The van der Waals surface area contributed by atoms with Crippen molar-refractivity contribution in [3.05, 3.63) is 22.3 Å². The van der Waals surface area contributed by atoms with Crippen LogP contribution >= 0.6 is 0 Å². The van der Waals surface area contributed by atoms with Crippen molar-refractivity contribution in [3.63, 3.8) is 0 Å². The number of hydrogen-bond donors (Lipinski definition) is 0. The number of carbonyl (C=O) groups is 2. The molecule has 0 aromatic rings. The Kier molecular flexibility index (Phi) is 4.37. The zero-order valence-electron chi connectivity index (χ0n) is 13.4. The van der Waals surface area contributed by atoms with Gasteiger partial charge in [0.2, 0.25) is 0 Å². The second-order valence-corrected chi connectivity index (χ2v) is 6.62. The summed E-state index contributed by atoms with van der Waals surface area (Å²) in [6.45, 7) is 5.17. The van der Waals surface area contributed by atoms with Crippen LogP contribution in [0, 0.1) is 11.8 Å². The molecule has 120 valence electrons. The quantitative estimate of drug-likeness (QED) is 0.751. The van der Waals surface area contributed by atoms with Crippen molar-refractivity contribution in [1.82, 2.24) is 0 Å². The van der Waals surface area contributed by atoms with Crippen molar-refractivity contribution >= 4 is 11.9 Å². The van der Waals surface area contributed by atoms with Crippen LogP contribution in [0.2, 0.25) is 0 Å². The van der Waals surface area contributed by atoms with E-state index in [1.807, 2.05) is 0 Å². The third-order valence-corrected chi connectivity index (χ3v) is 5.17. The molecular formula is C18H24O4. The van der Waals surface area contributed by atoms with Gasteiger partial charge in [0.05, 0.1) is 0 Å². The third kappa shape index (κ3) is 2.71. The molecule has 0 fully saturated rings. The van der Waals surface area contributed by atoms with E-state index in [2.05, 4.69) is 13.8 Å². The van der Waals surface area contributed by atoms with Gasteiger partial charge in [0.1, 0.15) is 13.2 Å². The second kappa shape index (κ2) is 6.27. The summed E-state index contributed by atoms with van der Waals surface area (Å²) in [5.41, 5.74) is 4.01. The van der Waals surface area contributed by atoms with E-state index in [9.17, 15) is 9.59 Å². The Morgan fingerprint density at radius 2 is 1.64 bits per heavy atom. The number of rotatable bonds is 3. The molecule has 2 aliphatic heterocycles. The Balaban J connectivity index is 2.01. The van der Waals surface area contributed by atoms with Gasteiger partial charge >= 0.3 is 11.9 Å². The van der Waals surface area contributed by atoms with E-state index in [4.69, 9.17) is 9.47 Å². The van der Waals surface area contributed by atoms with Crippen LogP contribution in [0.25, 0.3) is 0 Å². The minimum Gasteiger partial charge on any atom is -0.458 e. The summed E-state index contributed by atoms with van der Waals surface area (Å²) < 4.78 is 10.6. The summed E-state index contributed by atoms with van der Waals surface area (Å²) in [7, 11) is 0. The Hall–Kier alpha value is -1.58. The maximum absolute atomic E-state index is 12.2. The molecule has 0 radical (unpaired) electrons. The lowest BCUT2D eigenvalue weighted by Gasteiger charge is -2.17. The van der Waals surface area contributed by atoms with Crippen molar-refractivity contribution in [3.8, 4) is 0 Å². The van der Waals surface area contributed by atoms with Crippen LogP contribution < -0.4 is 0 Å².